The van der Waals surface area contributed by atoms with Crippen molar-refractivity contribution in [1.82, 2.24) is 15.1 Å². The van der Waals surface area contributed by atoms with Crippen LogP contribution in [0.3, 0.4) is 0 Å². The minimum absolute atomic E-state index is 0.998. The van der Waals surface area contributed by atoms with Gasteiger partial charge in [0.25, 0.3) is 0 Å². The number of likely N-dealkylation sites (tertiary alicyclic amines) is 2. The van der Waals surface area contributed by atoms with Gasteiger partial charge in [0, 0.05) is 0 Å². The van der Waals surface area contributed by atoms with Crippen LogP contribution in [-0.4, -0.2) is 62.2 Å². The smallest absolute Gasteiger partial charge is 0.00161 e. The van der Waals surface area contributed by atoms with Crippen molar-refractivity contribution >= 4 is 0 Å². The second-order valence-electron chi connectivity index (χ2n) is 7.96. The first-order valence-corrected chi connectivity index (χ1v) is 10.1. The monoisotopic (exact) mass is 307 g/mol. The number of piperidine rings is 3. The summed E-state index contributed by atoms with van der Waals surface area (Å²) in [5, 5.41) is 3.48. The lowest BCUT2D eigenvalue weighted by atomic mass is 9.91. The summed E-state index contributed by atoms with van der Waals surface area (Å²) < 4.78 is 0. The molecule has 3 aliphatic heterocycles. The van der Waals surface area contributed by atoms with Crippen LogP contribution in [0.1, 0.15) is 57.8 Å². The van der Waals surface area contributed by atoms with Gasteiger partial charge in [-0.2, -0.15) is 0 Å². The van der Waals surface area contributed by atoms with Crippen LogP contribution in [0.5, 0.6) is 0 Å². The SMILES string of the molecule is C1CCN(CCC2CCN(CCC3CCNCC3)CC2)CC1. The Morgan fingerprint density at radius 1 is 0.636 bits per heavy atom. The molecule has 3 heterocycles. The molecule has 0 aromatic rings. The summed E-state index contributed by atoms with van der Waals surface area (Å²) in [4.78, 5) is 5.46. The molecule has 0 aliphatic carbocycles. The average molecular weight is 308 g/mol. The Bertz CT molecular complexity index is 257. The summed E-state index contributed by atoms with van der Waals surface area (Å²) in [7, 11) is 0. The highest BCUT2D eigenvalue weighted by Crippen LogP contribution is 2.23. The summed E-state index contributed by atoms with van der Waals surface area (Å²) in [5.74, 6) is 2.01. The Hall–Kier alpha value is -0.120. The third kappa shape index (κ3) is 5.50. The van der Waals surface area contributed by atoms with Crippen LogP contribution in [0.4, 0.5) is 0 Å². The van der Waals surface area contributed by atoms with E-state index in [4.69, 9.17) is 0 Å². The second-order valence-corrected chi connectivity index (χ2v) is 7.96. The van der Waals surface area contributed by atoms with Crippen molar-refractivity contribution in [3.05, 3.63) is 0 Å². The Kier molecular flexibility index (Phi) is 7.03. The van der Waals surface area contributed by atoms with E-state index in [-0.39, 0.29) is 0 Å². The van der Waals surface area contributed by atoms with E-state index in [1.807, 2.05) is 0 Å². The summed E-state index contributed by atoms with van der Waals surface area (Å²) in [6.07, 6.45) is 13.0. The maximum Gasteiger partial charge on any atom is -0.00161 e. The molecule has 3 fully saturated rings. The molecule has 0 aromatic carbocycles. The molecule has 0 saturated carbocycles. The van der Waals surface area contributed by atoms with E-state index in [9.17, 15) is 0 Å². The standard InChI is InChI=1S/C19H37N3/c1-2-12-21(13-3-1)14-7-19-8-16-22(17-9-19)15-6-18-4-10-20-11-5-18/h18-20H,1-17H2. The molecule has 0 amide bonds. The lowest BCUT2D eigenvalue weighted by Crippen LogP contribution is -2.38. The topological polar surface area (TPSA) is 18.5 Å². The van der Waals surface area contributed by atoms with Crippen molar-refractivity contribution in [2.45, 2.75) is 57.8 Å². The van der Waals surface area contributed by atoms with Gasteiger partial charge in [0.15, 0.2) is 0 Å². The first-order valence-electron chi connectivity index (χ1n) is 10.1. The largest absolute Gasteiger partial charge is 0.317 e. The van der Waals surface area contributed by atoms with Gasteiger partial charge in [0.05, 0.1) is 0 Å². The van der Waals surface area contributed by atoms with E-state index in [0.717, 1.165) is 11.8 Å². The average Bonchev–Trinajstić information content (AvgIpc) is 2.61. The number of rotatable bonds is 6. The zero-order chi connectivity index (χ0) is 15.0. The molecule has 3 nitrogen and oxygen atoms in total. The van der Waals surface area contributed by atoms with Crippen molar-refractivity contribution in [2.75, 3.05) is 52.4 Å². The third-order valence-corrected chi connectivity index (χ3v) is 6.32. The van der Waals surface area contributed by atoms with E-state index < -0.39 is 0 Å². The summed E-state index contributed by atoms with van der Waals surface area (Å²) >= 11 is 0. The van der Waals surface area contributed by atoms with Crippen LogP contribution >= 0.6 is 0 Å². The van der Waals surface area contributed by atoms with Gasteiger partial charge in [-0.1, -0.05) is 6.42 Å². The quantitative estimate of drug-likeness (QED) is 0.814. The fourth-order valence-corrected chi connectivity index (χ4v) is 4.58. The van der Waals surface area contributed by atoms with Crippen LogP contribution in [-0.2, 0) is 0 Å². The van der Waals surface area contributed by atoms with Gasteiger partial charge in [-0.25, -0.2) is 0 Å². The predicted octanol–water partition coefficient (Wildman–Crippen LogP) is 2.96. The van der Waals surface area contributed by atoms with Gasteiger partial charge in [-0.05, 0) is 116 Å². The van der Waals surface area contributed by atoms with Gasteiger partial charge >= 0.3 is 0 Å². The molecular weight excluding hydrogens is 270 g/mol. The zero-order valence-electron chi connectivity index (χ0n) is 14.6. The maximum absolute atomic E-state index is 3.48. The van der Waals surface area contributed by atoms with Crippen LogP contribution in [0, 0.1) is 11.8 Å². The van der Waals surface area contributed by atoms with Gasteiger partial charge < -0.3 is 15.1 Å². The molecule has 22 heavy (non-hydrogen) atoms. The maximum atomic E-state index is 3.48. The number of hydrogen-bond acceptors (Lipinski definition) is 3. The van der Waals surface area contributed by atoms with Gasteiger partial charge in [-0.15, -0.1) is 0 Å². The molecule has 3 rings (SSSR count). The molecule has 0 atom stereocenters. The van der Waals surface area contributed by atoms with E-state index in [2.05, 4.69) is 15.1 Å². The highest BCUT2D eigenvalue weighted by atomic mass is 15.1. The molecule has 1 N–H and O–H groups in total. The normalized spacial score (nSPS) is 27.3. The second kappa shape index (κ2) is 9.24. The lowest BCUT2D eigenvalue weighted by Gasteiger charge is -2.35. The summed E-state index contributed by atoms with van der Waals surface area (Å²) in [6.45, 7) is 10.7. The third-order valence-electron chi connectivity index (χ3n) is 6.32. The van der Waals surface area contributed by atoms with E-state index >= 15 is 0 Å². The Morgan fingerprint density at radius 3 is 1.82 bits per heavy atom. The van der Waals surface area contributed by atoms with Crippen molar-refractivity contribution in [1.29, 1.82) is 0 Å². The van der Waals surface area contributed by atoms with Crippen molar-refractivity contribution in [2.24, 2.45) is 11.8 Å². The number of nitrogens with one attached hydrogen (secondary N) is 1. The van der Waals surface area contributed by atoms with Gasteiger partial charge in [0.1, 0.15) is 0 Å². The fourth-order valence-electron chi connectivity index (χ4n) is 4.58. The molecule has 0 radical (unpaired) electrons. The summed E-state index contributed by atoms with van der Waals surface area (Å²) in [5.41, 5.74) is 0. The molecule has 3 heteroatoms. The Morgan fingerprint density at radius 2 is 1.18 bits per heavy atom. The highest BCUT2D eigenvalue weighted by Gasteiger charge is 2.21. The predicted molar refractivity (Wildman–Crippen MR) is 94.3 cm³/mol. The molecule has 0 bridgehead atoms. The van der Waals surface area contributed by atoms with Crippen molar-refractivity contribution < 1.29 is 0 Å². The molecule has 0 unspecified atom stereocenters. The molecule has 0 aromatic heterocycles. The van der Waals surface area contributed by atoms with Gasteiger partial charge in [-0.3, -0.25) is 0 Å². The Balaban J connectivity index is 1.25. The van der Waals surface area contributed by atoms with E-state index in [1.165, 1.54) is 110 Å². The molecular formula is C19H37N3. The molecule has 3 saturated heterocycles. The van der Waals surface area contributed by atoms with E-state index in [1.54, 1.807) is 0 Å². The van der Waals surface area contributed by atoms with E-state index in [0.29, 0.717) is 0 Å². The zero-order valence-corrected chi connectivity index (χ0v) is 14.6. The number of hydrogen-bond donors (Lipinski definition) is 1. The Labute approximate surface area is 137 Å². The lowest BCUT2D eigenvalue weighted by molar-refractivity contribution is 0.147. The first kappa shape index (κ1) is 16.7. The van der Waals surface area contributed by atoms with Crippen LogP contribution in [0.15, 0.2) is 0 Å². The van der Waals surface area contributed by atoms with Crippen LogP contribution in [0.25, 0.3) is 0 Å². The van der Waals surface area contributed by atoms with Crippen molar-refractivity contribution in [3.8, 4) is 0 Å². The molecule has 128 valence electrons. The highest BCUT2D eigenvalue weighted by molar-refractivity contribution is 4.76. The minimum atomic E-state index is 0.998. The minimum Gasteiger partial charge on any atom is -0.317 e. The van der Waals surface area contributed by atoms with Crippen LogP contribution in [0.2, 0.25) is 0 Å². The van der Waals surface area contributed by atoms with Crippen LogP contribution < -0.4 is 5.32 Å². The fraction of sp³-hybridized carbons (Fsp3) is 1.00. The summed E-state index contributed by atoms with van der Waals surface area (Å²) in [6, 6.07) is 0. The first-order chi connectivity index (χ1) is 10.9. The van der Waals surface area contributed by atoms with Crippen molar-refractivity contribution in [3.63, 3.8) is 0 Å². The molecule has 0 spiro atoms. The molecule has 3 aliphatic rings. The number of nitrogens with zero attached hydrogens (tertiary/aromatic N) is 2. The van der Waals surface area contributed by atoms with Gasteiger partial charge in [0.2, 0.25) is 0 Å².